The van der Waals surface area contributed by atoms with Crippen LogP contribution in [0.3, 0.4) is 0 Å². The first-order chi connectivity index (χ1) is 13.7. The van der Waals surface area contributed by atoms with Crippen LogP contribution in [0.25, 0.3) is 5.57 Å². The van der Waals surface area contributed by atoms with Crippen molar-refractivity contribution in [2.45, 2.75) is 33.2 Å². The summed E-state index contributed by atoms with van der Waals surface area (Å²) < 4.78 is 5.41. The molecule has 5 nitrogen and oxygen atoms in total. The molecular weight excluding hydrogens is 386 g/mol. The third kappa shape index (κ3) is 4.80. The van der Waals surface area contributed by atoms with Crippen LogP contribution in [-0.2, 0) is 4.79 Å². The molecule has 1 amide bonds. The van der Waals surface area contributed by atoms with E-state index in [9.17, 15) is 4.79 Å². The van der Waals surface area contributed by atoms with Gasteiger partial charge in [-0.2, -0.15) is 5.10 Å². The topological polar surface area (TPSA) is 53.9 Å². The molecule has 6 heteroatoms. The first-order valence-electron chi connectivity index (χ1n) is 9.46. The van der Waals surface area contributed by atoms with Crippen LogP contribution in [0.1, 0.15) is 37.5 Å². The van der Waals surface area contributed by atoms with Crippen LogP contribution >= 0.6 is 11.6 Å². The fourth-order valence-corrected chi connectivity index (χ4v) is 3.47. The fraction of sp³-hybridized carbons (Fsp3) is 0.304. The van der Waals surface area contributed by atoms with Crippen molar-refractivity contribution in [2.24, 2.45) is 5.10 Å². The zero-order chi connectivity index (χ0) is 21.2. The minimum absolute atomic E-state index is 0.0306. The molecule has 1 aliphatic rings. The maximum atomic E-state index is 12.0. The monoisotopic (exact) mass is 411 g/mol. The zero-order valence-corrected chi connectivity index (χ0v) is 18.2. The number of carbonyl (C=O) groups is 1. The van der Waals surface area contributed by atoms with E-state index >= 15 is 0 Å². The van der Waals surface area contributed by atoms with Crippen molar-refractivity contribution >= 4 is 35.0 Å². The molecule has 0 unspecified atom stereocenters. The number of allylic oxidation sites excluding steroid dienone is 1. The Kier molecular flexibility index (Phi) is 5.99. The van der Waals surface area contributed by atoms with Gasteiger partial charge in [0, 0.05) is 23.3 Å². The maximum Gasteiger partial charge on any atom is 0.277 e. The molecular formula is C23H26ClN3O2. The number of amides is 1. The second-order valence-electron chi connectivity index (χ2n) is 7.80. The second kappa shape index (κ2) is 8.29. The Labute approximate surface area is 177 Å². The van der Waals surface area contributed by atoms with E-state index in [-0.39, 0.29) is 18.1 Å². The minimum Gasteiger partial charge on any atom is -0.484 e. The first kappa shape index (κ1) is 20.9. The van der Waals surface area contributed by atoms with Gasteiger partial charge in [0.2, 0.25) is 0 Å². The van der Waals surface area contributed by atoms with Crippen molar-refractivity contribution < 1.29 is 9.53 Å². The number of nitrogens with one attached hydrogen (secondary N) is 1. The summed E-state index contributed by atoms with van der Waals surface area (Å²) >= 11 is 5.83. The molecule has 2 aromatic rings. The van der Waals surface area contributed by atoms with Gasteiger partial charge in [0.25, 0.3) is 5.91 Å². The van der Waals surface area contributed by atoms with Gasteiger partial charge in [-0.15, -0.1) is 0 Å². The molecule has 0 spiro atoms. The molecule has 29 heavy (non-hydrogen) atoms. The van der Waals surface area contributed by atoms with Gasteiger partial charge in [-0.05, 0) is 80.8 Å². The van der Waals surface area contributed by atoms with E-state index in [1.165, 1.54) is 16.8 Å². The number of aryl methyl sites for hydroxylation is 1. The van der Waals surface area contributed by atoms with Gasteiger partial charge in [0.15, 0.2) is 6.61 Å². The minimum atomic E-state index is -0.329. The van der Waals surface area contributed by atoms with Gasteiger partial charge in [-0.25, -0.2) is 5.43 Å². The van der Waals surface area contributed by atoms with Crippen molar-refractivity contribution in [1.82, 2.24) is 5.43 Å². The van der Waals surface area contributed by atoms with Crippen LogP contribution in [0, 0.1) is 6.92 Å². The number of nitrogens with zero attached hydrogens (tertiary/aromatic N) is 2. The number of halogens is 1. The Bertz CT molecular complexity index is 978. The number of ether oxygens (including phenoxy) is 1. The standard InChI is InChI=1S/C23H26ClN3O2/c1-15-10-21-20(16(2)12-23(3,4)27(21)5)11-17(15)13-25-26-22(28)14-29-19-8-6-18(24)7-9-19/h6-13H,14H2,1-5H3,(H,26,28)/b25-13+. The molecule has 2 aromatic carbocycles. The Morgan fingerprint density at radius 1 is 1.24 bits per heavy atom. The van der Waals surface area contributed by atoms with Crippen LogP contribution in [0.5, 0.6) is 5.75 Å². The number of anilines is 1. The highest BCUT2D eigenvalue weighted by molar-refractivity contribution is 6.30. The average molecular weight is 412 g/mol. The molecule has 0 saturated carbocycles. The lowest BCUT2D eigenvalue weighted by Crippen LogP contribution is -2.42. The fourth-order valence-electron chi connectivity index (χ4n) is 3.34. The highest BCUT2D eigenvalue weighted by Gasteiger charge is 2.28. The molecule has 0 atom stereocenters. The number of hydrazone groups is 1. The molecule has 0 aliphatic carbocycles. The van der Waals surface area contributed by atoms with Crippen molar-refractivity contribution in [2.75, 3.05) is 18.6 Å². The molecule has 0 aromatic heterocycles. The number of carbonyl (C=O) groups excluding carboxylic acids is 1. The van der Waals surface area contributed by atoms with Crippen molar-refractivity contribution in [3.63, 3.8) is 0 Å². The van der Waals surface area contributed by atoms with Gasteiger partial charge in [0.05, 0.1) is 11.8 Å². The van der Waals surface area contributed by atoms with Crippen molar-refractivity contribution in [1.29, 1.82) is 0 Å². The smallest absolute Gasteiger partial charge is 0.277 e. The quantitative estimate of drug-likeness (QED) is 0.567. The second-order valence-corrected chi connectivity index (χ2v) is 8.24. The Balaban J connectivity index is 1.66. The molecule has 0 fully saturated rings. The summed E-state index contributed by atoms with van der Waals surface area (Å²) in [5, 5.41) is 4.71. The largest absolute Gasteiger partial charge is 0.484 e. The normalized spacial score (nSPS) is 15.1. The lowest BCUT2D eigenvalue weighted by atomic mass is 9.87. The van der Waals surface area contributed by atoms with E-state index in [0.29, 0.717) is 10.8 Å². The number of hydrogen-bond acceptors (Lipinski definition) is 4. The SMILES string of the molecule is CC1=CC(C)(C)N(C)c2cc(C)c(/C=N/NC(=O)COc3ccc(Cl)cc3)cc21. The van der Waals surface area contributed by atoms with Crippen LogP contribution in [0.15, 0.2) is 47.6 Å². The summed E-state index contributed by atoms with van der Waals surface area (Å²) in [5.41, 5.74) is 8.14. The predicted octanol–water partition coefficient (Wildman–Crippen LogP) is 4.81. The Morgan fingerprint density at radius 2 is 1.93 bits per heavy atom. The lowest BCUT2D eigenvalue weighted by molar-refractivity contribution is -0.123. The summed E-state index contributed by atoms with van der Waals surface area (Å²) in [6, 6.07) is 11.1. The number of likely N-dealkylation sites (N-methyl/N-ethyl adjacent to an activating group) is 1. The highest BCUT2D eigenvalue weighted by atomic mass is 35.5. The van der Waals surface area contributed by atoms with Crippen molar-refractivity contribution in [3.8, 4) is 5.75 Å². The van der Waals surface area contributed by atoms with E-state index < -0.39 is 0 Å². The number of hydrogen-bond donors (Lipinski definition) is 1. The number of benzene rings is 2. The van der Waals surface area contributed by atoms with Gasteiger partial charge < -0.3 is 9.64 Å². The number of fused-ring (bicyclic) bond motifs is 1. The van der Waals surface area contributed by atoms with Gasteiger partial charge in [-0.1, -0.05) is 17.7 Å². The van der Waals surface area contributed by atoms with E-state index in [4.69, 9.17) is 16.3 Å². The van der Waals surface area contributed by atoms with Crippen LogP contribution in [0.2, 0.25) is 5.02 Å². The van der Waals surface area contributed by atoms with Crippen LogP contribution in [0.4, 0.5) is 5.69 Å². The van der Waals surface area contributed by atoms with E-state index in [1.807, 2.05) is 6.92 Å². The molecule has 152 valence electrons. The Morgan fingerprint density at radius 3 is 2.62 bits per heavy atom. The third-order valence-electron chi connectivity index (χ3n) is 5.18. The Hall–Kier alpha value is -2.79. The van der Waals surface area contributed by atoms with Crippen LogP contribution in [-0.4, -0.2) is 31.3 Å². The summed E-state index contributed by atoms with van der Waals surface area (Å²) in [6.45, 7) is 8.45. The van der Waals surface area contributed by atoms with Crippen LogP contribution < -0.4 is 15.1 Å². The van der Waals surface area contributed by atoms with Crippen molar-refractivity contribution in [3.05, 3.63) is 64.2 Å². The molecule has 3 rings (SSSR count). The molecule has 0 saturated heterocycles. The summed E-state index contributed by atoms with van der Waals surface area (Å²) in [7, 11) is 2.11. The average Bonchev–Trinajstić information content (AvgIpc) is 2.66. The highest BCUT2D eigenvalue weighted by Crippen LogP contribution is 2.38. The zero-order valence-electron chi connectivity index (χ0n) is 17.4. The number of rotatable bonds is 5. The van der Waals surface area contributed by atoms with E-state index in [0.717, 1.165) is 11.1 Å². The maximum absolute atomic E-state index is 12.0. The lowest BCUT2D eigenvalue weighted by Gasteiger charge is -2.41. The van der Waals surface area contributed by atoms with Gasteiger partial charge in [-0.3, -0.25) is 4.79 Å². The molecule has 0 bridgehead atoms. The van der Waals surface area contributed by atoms with E-state index in [1.54, 1.807) is 30.5 Å². The van der Waals surface area contributed by atoms with E-state index in [2.05, 4.69) is 61.5 Å². The third-order valence-corrected chi connectivity index (χ3v) is 5.43. The summed E-state index contributed by atoms with van der Waals surface area (Å²) in [4.78, 5) is 14.2. The molecule has 1 heterocycles. The molecule has 0 radical (unpaired) electrons. The predicted molar refractivity (Wildman–Crippen MR) is 120 cm³/mol. The molecule has 1 N–H and O–H groups in total. The van der Waals surface area contributed by atoms with Gasteiger partial charge >= 0.3 is 0 Å². The van der Waals surface area contributed by atoms with Gasteiger partial charge in [0.1, 0.15) is 5.75 Å². The molecule has 1 aliphatic heterocycles. The summed E-state index contributed by atoms with van der Waals surface area (Å²) in [5.74, 6) is 0.248. The first-order valence-corrected chi connectivity index (χ1v) is 9.84. The summed E-state index contributed by atoms with van der Waals surface area (Å²) in [6.07, 6.45) is 3.93.